The van der Waals surface area contributed by atoms with Gasteiger partial charge in [-0.15, -0.1) is 0 Å². The zero-order chi connectivity index (χ0) is 15.8. The maximum Gasteiger partial charge on any atom is 0.421 e. The van der Waals surface area contributed by atoms with Crippen LogP contribution in [0.15, 0.2) is 62.4 Å². The Morgan fingerprint density at radius 3 is 2.74 bits per heavy atom. The number of hydrogen-bond donors (Lipinski definition) is 0. The van der Waals surface area contributed by atoms with E-state index < -0.39 is 5.76 Å². The Kier molecular flexibility index (Phi) is 3.08. The lowest BCUT2D eigenvalue weighted by molar-refractivity contribution is 0.461. The largest absolute Gasteiger partial charge is 0.439 e. The molecule has 114 valence electrons. The van der Waals surface area contributed by atoms with E-state index in [4.69, 9.17) is 8.83 Å². The molecular weight excluding hydrogens is 294 g/mol. The first-order valence-corrected chi connectivity index (χ1v) is 7.17. The Hall–Kier alpha value is -3.15. The van der Waals surface area contributed by atoms with Crippen molar-refractivity contribution in [1.29, 1.82) is 0 Å². The van der Waals surface area contributed by atoms with Gasteiger partial charge in [0.1, 0.15) is 6.54 Å². The number of oxazole rings is 2. The van der Waals surface area contributed by atoms with Crippen LogP contribution in [-0.4, -0.2) is 14.5 Å². The van der Waals surface area contributed by atoms with E-state index >= 15 is 0 Å². The first kappa shape index (κ1) is 13.5. The van der Waals surface area contributed by atoms with Crippen LogP contribution in [0.4, 0.5) is 0 Å². The summed E-state index contributed by atoms with van der Waals surface area (Å²) in [5.41, 5.74) is 3.04. The van der Waals surface area contributed by atoms with E-state index in [1.165, 1.54) is 10.1 Å². The van der Waals surface area contributed by atoms with Crippen LogP contribution in [-0.2, 0) is 6.54 Å². The Bertz CT molecular complexity index is 1030. The molecule has 0 aliphatic rings. The average Bonchev–Trinajstić information content (AvgIpc) is 3.14. The van der Waals surface area contributed by atoms with Crippen molar-refractivity contribution >= 4 is 11.2 Å². The van der Waals surface area contributed by atoms with Crippen LogP contribution in [0.3, 0.4) is 0 Å². The third-order valence-corrected chi connectivity index (χ3v) is 3.61. The zero-order valence-corrected chi connectivity index (χ0v) is 12.4. The van der Waals surface area contributed by atoms with E-state index in [0.29, 0.717) is 22.9 Å². The van der Waals surface area contributed by atoms with Crippen molar-refractivity contribution in [3.63, 3.8) is 0 Å². The number of hydrogen-bond acceptors (Lipinski definition) is 5. The number of pyridine rings is 1. The lowest BCUT2D eigenvalue weighted by atomic mass is 10.1. The van der Waals surface area contributed by atoms with E-state index in [0.717, 1.165) is 5.56 Å². The summed E-state index contributed by atoms with van der Waals surface area (Å²) in [4.78, 5) is 20.4. The number of rotatable bonds is 3. The van der Waals surface area contributed by atoms with Crippen molar-refractivity contribution in [2.45, 2.75) is 13.5 Å². The minimum absolute atomic E-state index is 0.175. The third kappa shape index (κ3) is 2.44. The van der Waals surface area contributed by atoms with Crippen molar-refractivity contribution in [3.05, 3.63) is 70.8 Å². The smallest absolute Gasteiger partial charge is 0.421 e. The van der Waals surface area contributed by atoms with Crippen molar-refractivity contribution in [3.8, 4) is 11.3 Å². The average molecular weight is 307 g/mol. The Morgan fingerprint density at radius 1 is 1.09 bits per heavy atom. The second-order valence-electron chi connectivity index (χ2n) is 5.26. The van der Waals surface area contributed by atoms with Gasteiger partial charge < -0.3 is 8.83 Å². The molecule has 0 amide bonds. The highest BCUT2D eigenvalue weighted by Crippen LogP contribution is 2.21. The van der Waals surface area contributed by atoms with Gasteiger partial charge in [-0.2, -0.15) is 0 Å². The molecule has 0 spiro atoms. The molecule has 3 aromatic heterocycles. The minimum atomic E-state index is -0.478. The molecular formula is C17H13N3O3. The molecule has 0 saturated heterocycles. The molecule has 6 nitrogen and oxygen atoms in total. The van der Waals surface area contributed by atoms with Gasteiger partial charge in [0.25, 0.3) is 0 Å². The molecule has 0 atom stereocenters. The van der Waals surface area contributed by atoms with Gasteiger partial charge in [-0.1, -0.05) is 29.8 Å². The molecule has 0 unspecified atom stereocenters. The van der Waals surface area contributed by atoms with E-state index in [1.807, 2.05) is 31.2 Å². The topological polar surface area (TPSA) is 74.1 Å². The molecule has 0 aliphatic heterocycles. The van der Waals surface area contributed by atoms with E-state index in [1.54, 1.807) is 24.5 Å². The van der Waals surface area contributed by atoms with Crippen LogP contribution in [0.25, 0.3) is 22.6 Å². The van der Waals surface area contributed by atoms with Crippen LogP contribution in [0, 0.1) is 6.92 Å². The summed E-state index contributed by atoms with van der Waals surface area (Å²) in [5, 5.41) is 0. The summed E-state index contributed by atoms with van der Waals surface area (Å²) in [6.07, 6.45) is 3.27. The highest BCUT2D eigenvalue weighted by molar-refractivity contribution is 5.67. The van der Waals surface area contributed by atoms with Gasteiger partial charge >= 0.3 is 5.76 Å². The standard InChI is InChI=1S/C17H13N3O3/c1-11-4-6-12(7-5-11)14-9-19-15(22-14)10-20-16-13(23-17(20)21)3-2-8-18-16/h2-9H,10H2,1H3. The third-order valence-electron chi connectivity index (χ3n) is 3.61. The fourth-order valence-electron chi connectivity index (χ4n) is 2.41. The molecule has 4 aromatic rings. The van der Waals surface area contributed by atoms with Crippen LogP contribution in [0.1, 0.15) is 11.5 Å². The highest BCUT2D eigenvalue weighted by atomic mass is 16.4. The Balaban J connectivity index is 1.68. The molecule has 0 N–H and O–H groups in total. The zero-order valence-electron chi connectivity index (χ0n) is 12.4. The molecule has 23 heavy (non-hydrogen) atoms. The fourth-order valence-corrected chi connectivity index (χ4v) is 2.41. The summed E-state index contributed by atoms with van der Waals surface area (Å²) >= 11 is 0. The Labute approximate surface area is 131 Å². The Morgan fingerprint density at radius 2 is 1.91 bits per heavy atom. The summed E-state index contributed by atoms with van der Waals surface area (Å²) in [5.74, 6) is 0.610. The van der Waals surface area contributed by atoms with Crippen molar-refractivity contribution < 1.29 is 8.83 Å². The van der Waals surface area contributed by atoms with E-state index in [9.17, 15) is 4.79 Å². The summed E-state index contributed by atoms with van der Waals surface area (Å²) < 4.78 is 12.3. The van der Waals surface area contributed by atoms with Gasteiger partial charge in [-0.3, -0.25) is 0 Å². The lowest BCUT2D eigenvalue weighted by Gasteiger charge is -1.98. The van der Waals surface area contributed by atoms with E-state index in [2.05, 4.69) is 9.97 Å². The lowest BCUT2D eigenvalue weighted by Crippen LogP contribution is -2.15. The molecule has 0 radical (unpaired) electrons. The predicted molar refractivity (Wildman–Crippen MR) is 84.0 cm³/mol. The van der Waals surface area contributed by atoms with Crippen LogP contribution < -0.4 is 5.76 Å². The van der Waals surface area contributed by atoms with Gasteiger partial charge in [0.2, 0.25) is 5.89 Å². The summed E-state index contributed by atoms with van der Waals surface area (Å²) in [6.45, 7) is 2.20. The van der Waals surface area contributed by atoms with Gasteiger partial charge in [0.05, 0.1) is 6.20 Å². The molecule has 6 heteroatoms. The maximum atomic E-state index is 11.9. The van der Waals surface area contributed by atoms with E-state index in [-0.39, 0.29) is 6.54 Å². The van der Waals surface area contributed by atoms with Gasteiger partial charge in [0, 0.05) is 11.8 Å². The monoisotopic (exact) mass is 307 g/mol. The van der Waals surface area contributed by atoms with Crippen molar-refractivity contribution in [2.75, 3.05) is 0 Å². The number of aromatic nitrogens is 3. The van der Waals surface area contributed by atoms with Gasteiger partial charge in [0.15, 0.2) is 17.0 Å². The number of nitrogens with zero attached hydrogens (tertiary/aromatic N) is 3. The molecule has 0 aliphatic carbocycles. The second kappa shape index (κ2) is 5.24. The van der Waals surface area contributed by atoms with Gasteiger partial charge in [-0.05, 0) is 19.1 Å². The van der Waals surface area contributed by atoms with Crippen LogP contribution >= 0.6 is 0 Å². The summed E-state index contributed by atoms with van der Waals surface area (Å²) in [7, 11) is 0. The molecule has 1 aromatic carbocycles. The fraction of sp³-hybridized carbons (Fsp3) is 0.118. The SMILES string of the molecule is Cc1ccc(-c2cnc(Cn3c(=O)oc4cccnc43)o2)cc1. The minimum Gasteiger partial charge on any atom is -0.439 e. The van der Waals surface area contributed by atoms with Crippen molar-refractivity contribution in [1.82, 2.24) is 14.5 Å². The predicted octanol–water partition coefficient (Wildman–Crippen LogP) is 3.00. The first-order chi connectivity index (χ1) is 11.2. The van der Waals surface area contributed by atoms with Crippen LogP contribution in [0.2, 0.25) is 0 Å². The molecule has 0 bridgehead atoms. The summed E-state index contributed by atoms with van der Waals surface area (Å²) in [6, 6.07) is 11.4. The van der Waals surface area contributed by atoms with Crippen LogP contribution in [0.5, 0.6) is 0 Å². The molecule has 4 rings (SSSR count). The highest BCUT2D eigenvalue weighted by Gasteiger charge is 2.13. The second-order valence-corrected chi connectivity index (χ2v) is 5.26. The first-order valence-electron chi connectivity index (χ1n) is 7.17. The number of aryl methyl sites for hydroxylation is 1. The quantitative estimate of drug-likeness (QED) is 0.581. The van der Waals surface area contributed by atoms with Crippen molar-refractivity contribution in [2.24, 2.45) is 0 Å². The molecule has 0 saturated carbocycles. The normalized spacial score (nSPS) is 11.2. The van der Waals surface area contributed by atoms with Gasteiger partial charge in [-0.25, -0.2) is 19.3 Å². The number of benzene rings is 1. The molecule has 0 fully saturated rings. The molecule has 3 heterocycles. The maximum absolute atomic E-state index is 11.9. The number of fused-ring (bicyclic) bond motifs is 1.